The van der Waals surface area contributed by atoms with E-state index in [9.17, 15) is 0 Å². The molecule has 106 valence electrons. The van der Waals surface area contributed by atoms with Crippen LogP contribution in [-0.4, -0.2) is 24.6 Å². The summed E-state index contributed by atoms with van der Waals surface area (Å²) in [4.78, 5) is 2.60. The van der Waals surface area contributed by atoms with Crippen LogP contribution < -0.4 is 10.5 Å². The molecule has 3 heteroatoms. The van der Waals surface area contributed by atoms with Gasteiger partial charge in [0.15, 0.2) is 0 Å². The number of rotatable bonds is 4. The Morgan fingerprint density at radius 3 is 2.84 bits per heavy atom. The highest BCUT2D eigenvalue weighted by Gasteiger charge is 2.20. The van der Waals surface area contributed by atoms with Crippen LogP contribution in [0.5, 0.6) is 5.75 Å². The average molecular weight is 262 g/mol. The molecule has 1 heterocycles. The van der Waals surface area contributed by atoms with Crippen molar-refractivity contribution >= 4 is 5.69 Å². The highest BCUT2D eigenvalue weighted by atomic mass is 16.5. The van der Waals surface area contributed by atoms with Gasteiger partial charge in [0, 0.05) is 24.3 Å². The minimum Gasteiger partial charge on any atom is -0.497 e. The van der Waals surface area contributed by atoms with Gasteiger partial charge >= 0.3 is 0 Å². The van der Waals surface area contributed by atoms with Gasteiger partial charge in [-0.2, -0.15) is 0 Å². The van der Waals surface area contributed by atoms with E-state index in [-0.39, 0.29) is 0 Å². The van der Waals surface area contributed by atoms with Crippen molar-refractivity contribution in [1.29, 1.82) is 0 Å². The molecule has 0 aromatic heterocycles. The fraction of sp³-hybridized carbons (Fsp3) is 0.625. The van der Waals surface area contributed by atoms with Crippen LogP contribution in [0.2, 0.25) is 0 Å². The Balaban J connectivity index is 2.09. The molecule has 1 aliphatic heterocycles. The number of hydrogen-bond donors (Lipinski definition) is 1. The number of ether oxygens (including phenoxy) is 1. The molecular weight excluding hydrogens is 236 g/mol. The molecule has 0 aliphatic carbocycles. The van der Waals surface area contributed by atoms with Crippen LogP contribution in [0.15, 0.2) is 18.2 Å². The summed E-state index contributed by atoms with van der Waals surface area (Å²) in [6.45, 7) is 4.46. The second kappa shape index (κ2) is 6.80. The topological polar surface area (TPSA) is 38.5 Å². The minimum atomic E-state index is 0.712. The number of methoxy groups -OCH3 is 1. The number of nitrogens with zero attached hydrogens (tertiary/aromatic N) is 1. The van der Waals surface area contributed by atoms with E-state index in [4.69, 9.17) is 10.5 Å². The second-order valence-electron chi connectivity index (χ2n) is 5.45. The largest absolute Gasteiger partial charge is 0.497 e. The predicted octanol–water partition coefficient (Wildman–Crippen LogP) is 3.43. The van der Waals surface area contributed by atoms with Gasteiger partial charge < -0.3 is 10.5 Å². The Kier molecular flexibility index (Phi) is 5.08. The zero-order valence-electron chi connectivity index (χ0n) is 12.2. The first-order valence-electron chi connectivity index (χ1n) is 7.41. The minimum absolute atomic E-state index is 0.712. The lowest BCUT2D eigenvalue weighted by Crippen LogP contribution is -2.34. The van der Waals surface area contributed by atoms with Crippen LogP contribution in [0, 0.1) is 0 Å². The number of anilines is 1. The maximum atomic E-state index is 6.13. The molecule has 1 unspecified atom stereocenters. The number of nitrogen functional groups attached to an aromatic ring is 1. The van der Waals surface area contributed by atoms with Crippen molar-refractivity contribution in [3.63, 3.8) is 0 Å². The molecule has 0 radical (unpaired) electrons. The molecule has 2 rings (SSSR count). The molecule has 1 aliphatic rings. The molecule has 0 saturated carbocycles. The van der Waals surface area contributed by atoms with E-state index >= 15 is 0 Å². The quantitative estimate of drug-likeness (QED) is 0.845. The lowest BCUT2D eigenvalue weighted by atomic mass is 10.1. The third-order valence-electron chi connectivity index (χ3n) is 4.20. The summed E-state index contributed by atoms with van der Waals surface area (Å²) in [7, 11) is 1.68. The summed E-state index contributed by atoms with van der Waals surface area (Å²) in [5.41, 5.74) is 8.20. The third-order valence-corrected chi connectivity index (χ3v) is 4.20. The van der Waals surface area contributed by atoms with Gasteiger partial charge in [0.2, 0.25) is 0 Å². The predicted molar refractivity (Wildman–Crippen MR) is 80.4 cm³/mol. The van der Waals surface area contributed by atoms with Crippen molar-refractivity contribution in [3.05, 3.63) is 23.8 Å². The SMILES string of the molecule is CCC1CCCCCN1Cc1ccc(OC)cc1N. The first-order chi connectivity index (χ1) is 9.24. The number of benzene rings is 1. The smallest absolute Gasteiger partial charge is 0.120 e. The van der Waals surface area contributed by atoms with Gasteiger partial charge in [-0.05, 0) is 37.4 Å². The Hall–Kier alpha value is -1.22. The van der Waals surface area contributed by atoms with Crippen LogP contribution >= 0.6 is 0 Å². The molecule has 1 saturated heterocycles. The Morgan fingerprint density at radius 1 is 1.32 bits per heavy atom. The van der Waals surface area contributed by atoms with E-state index in [0.29, 0.717) is 6.04 Å². The van der Waals surface area contributed by atoms with Crippen molar-refractivity contribution < 1.29 is 4.74 Å². The van der Waals surface area contributed by atoms with E-state index in [2.05, 4.69) is 17.9 Å². The van der Waals surface area contributed by atoms with Crippen molar-refractivity contribution in [2.75, 3.05) is 19.4 Å². The van der Waals surface area contributed by atoms with Crippen LogP contribution in [-0.2, 0) is 6.54 Å². The first kappa shape index (κ1) is 14.2. The molecule has 1 atom stereocenters. The van der Waals surface area contributed by atoms with Crippen molar-refractivity contribution in [1.82, 2.24) is 4.90 Å². The Labute approximate surface area is 116 Å². The average Bonchev–Trinajstić information content (AvgIpc) is 2.66. The van der Waals surface area contributed by atoms with Gasteiger partial charge in [-0.25, -0.2) is 0 Å². The number of hydrogen-bond acceptors (Lipinski definition) is 3. The molecule has 19 heavy (non-hydrogen) atoms. The summed E-state index contributed by atoms with van der Waals surface area (Å²) in [6.07, 6.45) is 6.60. The summed E-state index contributed by atoms with van der Waals surface area (Å²) in [5, 5.41) is 0. The highest BCUT2D eigenvalue weighted by Crippen LogP contribution is 2.25. The monoisotopic (exact) mass is 262 g/mol. The molecule has 1 aromatic rings. The van der Waals surface area contributed by atoms with Gasteiger partial charge in [0.05, 0.1) is 7.11 Å². The van der Waals surface area contributed by atoms with E-state index < -0.39 is 0 Å². The van der Waals surface area contributed by atoms with Crippen molar-refractivity contribution in [2.45, 2.75) is 51.6 Å². The van der Waals surface area contributed by atoms with Crippen molar-refractivity contribution in [3.8, 4) is 5.75 Å². The third kappa shape index (κ3) is 3.63. The highest BCUT2D eigenvalue weighted by molar-refractivity contribution is 5.51. The molecule has 1 aromatic carbocycles. The fourth-order valence-corrected chi connectivity index (χ4v) is 2.97. The maximum Gasteiger partial charge on any atom is 0.120 e. The van der Waals surface area contributed by atoms with Crippen LogP contribution in [0.25, 0.3) is 0 Å². The Bertz CT molecular complexity index is 406. The number of nitrogens with two attached hydrogens (primary N) is 1. The second-order valence-corrected chi connectivity index (χ2v) is 5.45. The van der Waals surface area contributed by atoms with Crippen LogP contribution in [0.4, 0.5) is 5.69 Å². The van der Waals surface area contributed by atoms with Crippen LogP contribution in [0.3, 0.4) is 0 Å². The van der Waals surface area contributed by atoms with Gasteiger partial charge in [0.25, 0.3) is 0 Å². The summed E-state index contributed by atoms with van der Waals surface area (Å²) in [6, 6.07) is 6.74. The van der Waals surface area contributed by atoms with Gasteiger partial charge in [-0.1, -0.05) is 25.8 Å². The van der Waals surface area contributed by atoms with E-state index in [1.807, 2.05) is 12.1 Å². The summed E-state index contributed by atoms with van der Waals surface area (Å²) >= 11 is 0. The van der Waals surface area contributed by atoms with E-state index in [1.165, 1.54) is 44.2 Å². The molecule has 0 amide bonds. The normalized spacial score (nSPS) is 21.1. The molecule has 2 N–H and O–H groups in total. The lowest BCUT2D eigenvalue weighted by Gasteiger charge is -2.29. The lowest BCUT2D eigenvalue weighted by molar-refractivity contribution is 0.186. The van der Waals surface area contributed by atoms with Crippen molar-refractivity contribution in [2.24, 2.45) is 0 Å². The molecular formula is C16H26N2O. The van der Waals surface area contributed by atoms with Gasteiger partial charge in [-0.15, -0.1) is 0 Å². The summed E-state index contributed by atoms with van der Waals surface area (Å²) < 4.78 is 5.21. The standard InChI is InChI=1S/C16H26N2O/c1-3-14-7-5-4-6-10-18(14)12-13-8-9-15(19-2)11-16(13)17/h8-9,11,14H,3-7,10,12,17H2,1-2H3. The van der Waals surface area contributed by atoms with Crippen LogP contribution in [0.1, 0.15) is 44.6 Å². The fourth-order valence-electron chi connectivity index (χ4n) is 2.97. The van der Waals surface area contributed by atoms with Gasteiger partial charge in [-0.3, -0.25) is 4.90 Å². The zero-order chi connectivity index (χ0) is 13.7. The van der Waals surface area contributed by atoms with Gasteiger partial charge in [0.1, 0.15) is 5.75 Å². The molecule has 1 fully saturated rings. The first-order valence-corrected chi connectivity index (χ1v) is 7.41. The van der Waals surface area contributed by atoms with E-state index in [1.54, 1.807) is 7.11 Å². The molecule has 0 bridgehead atoms. The zero-order valence-corrected chi connectivity index (χ0v) is 12.2. The maximum absolute atomic E-state index is 6.13. The van der Waals surface area contributed by atoms with E-state index in [0.717, 1.165) is 18.0 Å². The number of likely N-dealkylation sites (tertiary alicyclic amines) is 1. The summed E-state index contributed by atoms with van der Waals surface area (Å²) in [5.74, 6) is 0.837. The molecule has 3 nitrogen and oxygen atoms in total. The molecule has 0 spiro atoms. The Morgan fingerprint density at radius 2 is 2.16 bits per heavy atom.